The van der Waals surface area contributed by atoms with Gasteiger partial charge in [0.1, 0.15) is 33.5 Å². The van der Waals surface area contributed by atoms with Crippen molar-refractivity contribution in [3.8, 4) is 10.8 Å². The van der Waals surface area contributed by atoms with Gasteiger partial charge in [0, 0.05) is 31.8 Å². The lowest BCUT2D eigenvalue weighted by molar-refractivity contribution is -0.136. The van der Waals surface area contributed by atoms with Gasteiger partial charge in [-0.25, -0.2) is 13.8 Å². The highest BCUT2D eigenvalue weighted by atomic mass is 32.1. The summed E-state index contributed by atoms with van der Waals surface area (Å²) in [4.78, 5) is 44.7. The van der Waals surface area contributed by atoms with Gasteiger partial charge in [-0.05, 0) is 38.0 Å². The fraction of sp³-hybridized carbons (Fsp3) is 0.444. The summed E-state index contributed by atoms with van der Waals surface area (Å²) < 4.78 is 33.7. The summed E-state index contributed by atoms with van der Waals surface area (Å²) in [6.45, 7) is 2.61. The number of benzene rings is 1. The van der Waals surface area contributed by atoms with Crippen LogP contribution >= 0.6 is 11.3 Å². The fourth-order valence-electron chi connectivity index (χ4n) is 5.19. The molecule has 0 aliphatic carbocycles. The molecule has 4 aromatic rings. The van der Waals surface area contributed by atoms with Crippen molar-refractivity contribution in [3.05, 3.63) is 68.4 Å². The number of hydrogen-bond donors (Lipinski definition) is 0. The molecule has 0 N–H and O–H groups in total. The van der Waals surface area contributed by atoms with Crippen molar-refractivity contribution in [2.45, 2.75) is 38.5 Å². The Morgan fingerprint density at radius 3 is 2.61 bits per heavy atom. The van der Waals surface area contributed by atoms with Gasteiger partial charge in [0.05, 0.1) is 44.6 Å². The second-order valence-electron chi connectivity index (χ2n) is 9.76. The molecule has 5 rings (SSSR count). The normalized spacial score (nSPS) is 16.5. The van der Waals surface area contributed by atoms with Crippen LogP contribution in [0.2, 0.25) is 0 Å². The summed E-state index contributed by atoms with van der Waals surface area (Å²) in [5.41, 5.74) is -0.252. The number of ether oxygens (including phenoxy) is 3. The molecular weight excluding hydrogens is 555 g/mol. The molecule has 0 saturated carbocycles. The molecule has 41 heavy (non-hydrogen) atoms. The van der Waals surface area contributed by atoms with Gasteiger partial charge in [-0.2, -0.15) is 10.2 Å². The number of aromatic nitrogens is 5. The topological polar surface area (TPSA) is 123 Å². The van der Waals surface area contributed by atoms with E-state index in [0.717, 1.165) is 4.57 Å². The lowest BCUT2D eigenvalue weighted by Crippen LogP contribution is -2.49. The molecule has 0 radical (unpaired) electrons. The van der Waals surface area contributed by atoms with E-state index in [1.165, 1.54) is 70.4 Å². The number of methoxy groups -OCH3 is 2. The molecule has 0 bridgehead atoms. The maximum atomic E-state index is 14.4. The molecule has 0 spiro atoms. The Labute approximate surface area is 238 Å². The average Bonchev–Trinajstić information content (AvgIpc) is 3.60. The Morgan fingerprint density at radius 2 is 1.90 bits per heavy atom. The highest BCUT2D eigenvalue weighted by Gasteiger charge is 2.33. The third-order valence-electron chi connectivity index (χ3n) is 7.26. The van der Waals surface area contributed by atoms with Crippen molar-refractivity contribution >= 4 is 27.5 Å². The summed E-state index contributed by atoms with van der Waals surface area (Å²) in [5.74, 6) is -0.430. The van der Waals surface area contributed by atoms with Gasteiger partial charge in [-0.3, -0.25) is 14.2 Å². The number of hydrogen-bond acceptors (Lipinski definition) is 9. The van der Waals surface area contributed by atoms with E-state index in [1.807, 2.05) is 0 Å². The zero-order valence-corrected chi connectivity index (χ0v) is 24.0. The van der Waals surface area contributed by atoms with E-state index in [4.69, 9.17) is 14.2 Å². The Morgan fingerprint density at radius 1 is 1.15 bits per heavy atom. The Balaban J connectivity index is 1.75. The maximum absolute atomic E-state index is 14.4. The maximum Gasteiger partial charge on any atom is 0.332 e. The number of halogens is 1. The van der Waals surface area contributed by atoms with Gasteiger partial charge in [0.2, 0.25) is 5.91 Å². The second-order valence-corrected chi connectivity index (χ2v) is 10.7. The molecule has 1 aliphatic rings. The van der Waals surface area contributed by atoms with Crippen molar-refractivity contribution in [2.75, 3.05) is 41.0 Å². The van der Waals surface area contributed by atoms with Crippen molar-refractivity contribution in [2.24, 2.45) is 0 Å². The SMILES string of the molecule is COCCOC(Cn1c(=O)n(C2CCCN(C)C2=O)c(=O)c2c(C)c(-n3nccn3)sc21)c1cc(F)ccc1OC. The third-order valence-corrected chi connectivity index (χ3v) is 8.54. The first-order valence-corrected chi connectivity index (χ1v) is 13.9. The number of amides is 1. The molecule has 4 heterocycles. The Hall–Kier alpha value is -3.88. The van der Waals surface area contributed by atoms with Gasteiger partial charge < -0.3 is 19.1 Å². The predicted octanol–water partition coefficient (Wildman–Crippen LogP) is 2.46. The lowest BCUT2D eigenvalue weighted by Gasteiger charge is -2.30. The predicted molar refractivity (Wildman–Crippen MR) is 149 cm³/mol. The van der Waals surface area contributed by atoms with Gasteiger partial charge in [-0.1, -0.05) is 11.3 Å². The molecule has 2 unspecified atom stereocenters. The molecule has 218 valence electrons. The van der Waals surface area contributed by atoms with Crippen molar-refractivity contribution in [1.29, 1.82) is 0 Å². The summed E-state index contributed by atoms with van der Waals surface area (Å²) in [6.07, 6.45) is 3.17. The third kappa shape index (κ3) is 5.29. The molecule has 2 atom stereocenters. The fourth-order valence-corrected chi connectivity index (χ4v) is 6.41. The number of aryl methyl sites for hydroxylation is 1. The quantitative estimate of drug-likeness (QED) is 0.260. The zero-order chi connectivity index (χ0) is 29.3. The number of likely N-dealkylation sites (tertiary alicyclic amines) is 1. The number of piperidine rings is 1. The standard InChI is InChI=1S/C27H31FN6O6S/c1-16-22-24(36)33(19-6-5-11-31(2)23(19)35)27(37)32(26(22)41-25(16)34-29-9-10-30-34)15-21(40-13-12-38-3)18-14-17(28)7-8-20(18)39-4/h7-10,14,19,21H,5-6,11-13,15H2,1-4H3. The highest BCUT2D eigenvalue weighted by Crippen LogP contribution is 2.34. The van der Waals surface area contributed by atoms with Crippen molar-refractivity contribution in [1.82, 2.24) is 29.0 Å². The number of thiophene rings is 1. The first-order chi connectivity index (χ1) is 19.8. The monoisotopic (exact) mass is 586 g/mol. The minimum Gasteiger partial charge on any atom is -0.496 e. The van der Waals surface area contributed by atoms with Crippen LogP contribution in [0.4, 0.5) is 4.39 Å². The summed E-state index contributed by atoms with van der Waals surface area (Å²) >= 11 is 1.18. The number of carbonyl (C=O) groups is 1. The molecule has 1 amide bonds. The smallest absolute Gasteiger partial charge is 0.332 e. The molecule has 1 aliphatic heterocycles. The summed E-state index contributed by atoms with van der Waals surface area (Å²) in [7, 11) is 4.65. The van der Waals surface area contributed by atoms with Gasteiger partial charge >= 0.3 is 5.69 Å². The lowest BCUT2D eigenvalue weighted by atomic mass is 10.0. The van der Waals surface area contributed by atoms with E-state index in [2.05, 4.69) is 10.2 Å². The van der Waals surface area contributed by atoms with Crippen LogP contribution in [0.25, 0.3) is 15.2 Å². The van der Waals surface area contributed by atoms with Crippen LogP contribution in [-0.4, -0.2) is 76.0 Å². The van der Waals surface area contributed by atoms with Crippen LogP contribution in [0.5, 0.6) is 5.75 Å². The van der Waals surface area contributed by atoms with Crippen molar-refractivity contribution in [3.63, 3.8) is 0 Å². The molecule has 1 fully saturated rings. The largest absolute Gasteiger partial charge is 0.496 e. The summed E-state index contributed by atoms with van der Waals surface area (Å²) in [6, 6.07) is 3.11. The van der Waals surface area contributed by atoms with Crippen LogP contribution in [0.3, 0.4) is 0 Å². The van der Waals surface area contributed by atoms with Crippen LogP contribution in [0, 0.1) is 12.7 Å². The van der Waals surface area contributed by atoms with E-state index < -0.39 is 29.2 Å². The molecule has 14 heteroatoms. The highest BCUT2D eigenvalue weighted by molar-refractivity contribution is 7.21. The molecular formula is C27H31FN6O6S. The van der Waals surface area contributed by atoms with Crippen LogP contribution < -0.4 is 16.0 Å². The molecule has 12 nitrogen and oxygen atoms in total. The van der Waals surface area contributed by atoms with E-state index in [1.54, 1.807) is 14.0 Å². The molecule has 1 saturated heterocycles. The number of fused-ring (bicyclic) bond motifs is 1. The first-order valence-electron chi connectivity index (χ1n) is 13.1. The first kappa shape index (κ1) is 28.6. The van der Waals surface area contributed by atoms with Gasteiger partial charge in [0.25, 0.3) is 5.56 Å². The van der Waals surface area contributed by atoms with Gasteiger partial charge in [-0.15, -0.1) is 4.80 Å². The number of rotatable bonds is 10. The van der Waals surface area contributed by atoms with Crippen LogP contribution in [0.15, 0.2) is 40.2 Å². The van der Waals surface area contributed by atoms with E-state index >= 15 is 0 Å². The number of nitrogens with zero attached hydrogens (tertiary/aromatic N) is 6. The summed E-state index contributed by atoms with van der Waals surface area (Å²) in [5, 5.41) is 9.26. The molecule has 3 aromatic heterocycles. The Kier molecular flexibility index (Phi) is 8.33. The number of likely N-dealkylation sites (N-methyl/N-ethyl adjacent to an activating group) is 1. The van der Waals surface area contributed by atoms with Crippen molar-refractivity contribution < 1.29 is 23.4 Å². The van der Waals surface area contributed by atoms with E-state index in [0.29, 0.717) is 46.1 Å². The Bertz CT molecular complexity index is 1680. The van der Waals surface area contributed by atoms with E-state index in [9.17, 15) is 18.8 Å². The van der Waals surface area contributed by atoms with Crippen LogP contribution in [-0.2, 0) is 20.8 Å². The van der Waals surface area contributed by atoms with Crippen LogP contribution in [0.1, 0.15) is 36.1 Å². The minimum absolute atomic E-state index is 0.0954. The number of carbonyl (C=O) groups excluding carboxylic acids is 1. The average molecular weight is 587 g/mol. The van der Waals surface area contributed by atoms with Gasteiger partial charge in [0.15, 0.2) is 0 Å². The van der Waals surface area contributed by atoms with E-state index in [-0.39, 0.29) is 31.1 Å². The molecule has 1 aromatic carbocycles. The minimum atomic E-state index is -0.952. The second kappa shape index (κ2) is 11.9. The zero-order valence-electron chi connectivity index (χ0n) is 23.2.